The van der Waals surface area contributed by atoms with Gasteiger partial charge in [-0.15, -0.1) is 0 Å². The zero-order valence-corrected chi connectivity index (χ0v) is 18.2. The molecule has 3 heterocycles. The van der Waals surface area contributed by atoms with Crippen LogP contribution in [0.25, 0.3) is 0 Å². The molecule has 164 valence electrons. The van der Waals surface area contributed by atoms with Crippen LogP contribution in [0.2, 0.25) is 5.02 Å². The number of hydrogen-bond acceptors (Lipinski definition) is 6. The number of nitrogens with one attached hydrogen (secondary N) is 1. The molecule has 1 N–H and O–H groups in total. The molecule has 1 aromatic carbocycles. The molecule has 2 aliphatic rings. The number of amides is 2. The van der Waals surface area contributed by atoms with Gasteiger partial charge < -0.3 is 20.0 Å². The summed E-state index contributed by atoms with van der Waals surface area (Å²) in [6.45, 7) is 4.36. The molecule has 2 saturated heterocycles. The maximum absolute atomic E-state index is 12.6. The number of nitrogens with zero attached hydrogens (tertiary/aromatic N) is 5. The molecule has 2 fully saturated rings. The standard InChI is InChI=1S/C22H27ClN6O2/c23-18-2-4-19(5-3-18)27-12-14-28(15-13-27)20(30)16-26-21(31)17-6-10-29(11-7-17)22-24-8-1-9-25-22/h1-5,8-9,17H,6-7,10-16H2,(H,26,31). The van der Waals surface area contributed by atoms with E-state index in [-0.39, 0.29) is 24.3 Å². The van der Waals surface area contributed by atoms with Gasteiger partial charge in [0.25, 0.3) is 0 Å². The fraction of sp³-hybridized carbons (Fsp3) is 0.455. The number of benzene rings is 1. The lowest BCUT2D eigenvalue weighted by Crippen LogP contribution is -2.52. The van der Waals surface area contributed by atoms with Crippen molar-refractivity contribution in [3.8, 4) is 0 Å². The van der Waals surface area contributed by atoms with E-state index in [0.29, 0.717) is 24.1 Å². The highest BCUT2D eigenvalue weighted by molar-refractivity contribution is 6.30. The maximum Gasteiger partial charge on any atom is 0.242 e. The second kappa shape index (κ2) is 9.96. The van der Waals surface area contributed by atoms with E-state index in [1.807, 2.05) is 29.2 Å². The van der Waals surface area contributed by atoms with Gasteiger partial charge in [-0.1, -0.05) is 11.6 Å². The average Bonchev–Trinajstić information content (AvgIpc) is 2.83. The Balaban J connectivity index is 1.18. The Kier molecular flexibility index (Phi) is 6.86. The summed E-state index contributed by atoms with van der Waals surface area (Å²) in [5.41, 5.74) is 1.11. The molecule has 1 aromatic heterocycles. The molecule has 0 radical (unpaired) electrons. The monoisotopic (exact) mass is 442 g/mol. The highest BCUT2D eigenvalue weighted by atomic mass is 35.5. The van der Waals surface area contributed by atoms with Gasteiger partial charge in [0.05, 0.1) is 6.54 Å². The van der Waals surface area contributed by atoms with E-state index in [0.717, 1.165) is 44.7 Å². The zero-order valence-electron chi connectivity index (χ0n) is 17.4. The third kappa shape index (κ3) is 5.44. The van der Waals surface area contributed by atoms with Gasteiger partial charge in [0, 0.05) is 68.3 Å². The molecule has 9 heteroatoms. The highest BCUT2D eigenvalue weighted by Gasteiger charge is 2.27. The van der Waals surface area contributed by atoms with Crippen LogP contribution in [0.4, 0.5) is 11.6 Å². The van der Waals surface area contributed by atoms with Crippen molar-refractivity contribution in [3.05, 3.63) is 47.7 Å². The minimum absolute atomic E-state index is 0.0285. The molecule has 0 bridgehead atoms. The van der Waals surface area contributed by atoms with E-state index in [2.05, 4.69) is 25.1 Å². The van der Waals surface area contributed by atoms with Gasteiger partial charge in [-0.3, -0.25) is 9.59 Å². The van der Waals surface area contributed by atoms with Gasteiger partial charge in [-0.05, 0) is 43.2 Å². The first-order chi connectivity index (χ1) is 15.1. The Bertz CT molecular complexity index is 879. The van der Waals surface area contributed by atoms with Crippen LogP contribution >= 0.6 is 11.6 Å². The number of aromatic nitrogens is 2. The molecule has 8 nitrogen and oxygen atoms in total. The summed E-state index contributed by atoms with van der Waals surface area (Å²) in [7, 11) is 0. The number of hydrogen-bond donors (Lipinski definition) is 1. The van der Waals surface area contributed by atoms with Crippen LogP contribution in [0.5, 0.6) is 0 Å². The molecule has 0 aliphatic carbocycles. The lowest BCUT2D eigenvalue weighted by molar-refractivity contribution is -0.134. The summed E-state index contributed by atoms with van der Waals surface area (Å²) < 4.78 is 0. The molecule has 4 rings (SSSR count). The number of anilines is 2. The first-order valence-electron chi connectivity index (χ1n) is 10.7. The molecule has 0 unspecified atom stereocenters. The van der Waals surface area contributed by atoms with Crippen LogP contribution in [-0.4, -0.2) is 72.5 Å². The second-order valence-corrected chi connectivity index (χ2v) is 8.31. The Labute approximate surface area is 187 Å². The fourth-order valence-electron chi connectivity index (χ4n) is 4.08. The fourth-order valence-corrected chi connectivity index (χ4v) is 4.21. The predicted octanol–water partition coefficient (Wildman–Crippen LogP) is 1.81. The van der Waals surface area contributed by atoms with Crippen LogP contribution in [0.3, 0.4) is 0 Å². The SMILES string of the molecule is O=C(NCC(=O)N1CCN(c2ccc(Cl)cc2)CC1)C1CCN(c2ncccn2)CC1. The van der Waals surface area contributed by atoms with Crippen molar-refractivity contribution >= 4 is 35.1 Å². The maximum atomic E-state index is 12.6. The molecule has 31 heavy (non-hydrogen) atoms. The molecule has 0 spiro atoms. The van der Waals surface area contributed by atoms with E-state index in [4.69, 9.17) is 11.6 Å². The summed E-state index contributed by atoms with van der Waals surface area (Å²) in [6.07, 6.45) is 4.92. The zero-order chi connectivity index (χ0) is 21.6. The topological polar surface area (TPSA) is 81.7 Å². The Morgan fingerprint density at radius 3 is 2.23 bits per heavy atom. The van der Waals surface area contributed by atoms with Crippen molar-refractivity contribution in [3.63, 3.8) is 0 Å². The van der Waals surface area contributed by atoms with E-state index < -0.39 is 0 Å². The smallest absolute Gasteiger partial charge is 0.242 e. The summed E-state index contributed by atoms with van der Waals surface area (Å²) in [5.74, 6) is 0.560. The average molecular weight is 443 g/mol. The Morgan fingerprint density at radius 2 is 1.58 bits per heavy atom. The lowest BCUT2D eigenvalue weighted by atomic mass is 9.96. The first kappa shape index (κ1) is 21.4. The Hall–Kier alpha value is -2.87. The summed E-state index contributed by atoms with van der Waals surface area (Å²) in [4.78, 5) is 39.8. The molecular formula is C22H27ClN6O2. The third-order valence-corrected chi connectivity index (χ3v) is 6.19. The molecular weight excluding hydrogens is 416 g/mol. The van der Waals surface area contributed by atoms with Crippen molar-refractivity contribution in [2.24, 2.45) is 5.92 Å². The van der Waals surface area contributed by atoms with Crippen molar-refractivity contribution in [1.82, 2.24) is 20.2 Å². The Morgan fingerprint density at radius 1 is 0.935 bits per heavy atom. The minimum atomic E-state index is -0.0745. The van der Waals surface area contributed by atoms with Gasteiger partial charge in [0.15, 0.2) is 0 Å². The predicted molar refractivity (Wildman–Crippen MR) is 120 cm³/mol. The van der Waals surface area contributed by atoms with Crippen LogP contribution in [0.15, 0.2) is 42.7 Å². The van der Waals surface area contributed by atoms with Crippen molar-refractivity contribution in [2.75, 3.05) is 55.6 Å². The summed E-state index contributed by atoms with van der Waals surface area (Å²) >= 11 is 5.95. The van der Waals surface area contributed by atoms with Crippen LogP contribution in [0.1, 0.15) is 12.8 Å². The van der Waals surface area contributed by atoms with Gasteiger partial charge in [0.2, 0.25) is 17.8 Å². The minimum Gasteiger partial charge on any atom is -0.368 e. The van der Waals surface area contributed by atoms with Gasteiger partial charge in [-0.25, -0.2) is 9.97 Å². The highest BCUT2D eigenvalue weighted by Crippen LogP contribution is 2.21. The van der Waals surface area contributed by atoms with Crippen LogP contribution in [0, 0.1) is 5.92 Å². The van der Waals surface area contributed by atoms with E-state index in [1.165, 1.54) is 0 Å². The molecule has 2 aliphatic heterocycles. The third-order valence-electron chi connectivity index (χ3n) is 5.94. The second-order valence-electron chi connectivity index (χ2n) is 7.87. The van der Waals surface area contributed by atoms with E-state index in [9.17, 15) is 9.59 Å². The number of piperazine rings is 1. The van der Waals surface area contributed by atoms with Crippen molar-refractivity contribution < 1.29 is 9.59 Å². The molecule has 2 amide bonds. The number of halogens is 1. The van der Waals surface area contributed by atoms with Crippen molar-refractivity contribution in [1.29, 1.82) is 0 Å². The number of carbonyl (C=O) groups excluding carboxylic acids is 2. The van der Waals surface area contributed by atoms with Crippen LogP contribution < -0.4 is 15.1 Å². The quantitative estimate of drug-likeness (QED) is 0.760. The summed E-state index contributed by atoms with van der Waals surface area (Å²) in [5, 5.41) is 3.56. The number of carbonyl (C=O) groups is 2. The molecule has 2 aromatic rings. The lowest BCUT2D eigenvalue weighted by Gasteiger charge is -2.36. The number of piperidine rings is 1. The molecule has 0 saturated carbocycles. The normalized spacial score (nSPS) is 17.5. The van der Waals surface area contributed by atoms with Gasteiger partial charge in [-0.2, -0.15) is 0 Å². The van der Waals surface area contributed by atoms with Gasteiger partial charge >= 0.3 is 0 Å². The molecule has 0 atom stereocenters. The first-order valence-corrected chi connectivity index (χ1v) is 11.1. The number of rotatable bonds is 5. The van der Waals surface area contributed by atoms with Crippen LogP contribution in [-0.2, 0) is 9.59 Å². The van der Waals surface area contributed by atoms with Crippen molar-refractivity contribution in [2.45, 2.75) is 12.8 Å². The largest absolute Gasteiger partial charge is 0.368 e. The van der Waals surface area contributed by atoms with Gasteiger partial charge in [0.1, 0.15) is 0 Å². The van der Waals surface area contributed by atoms with E-state index in [1.54, 1.807) is 18.5 Å². The van der Waals surface area contributed by atoms with E-state index >= 15 is 0 Å². The summed E-state index contributed by atoms with van der Waals surface area (Å²) in [6, 6.07) is 9.53.